The number of imidazole rings is 1. The lowest BCUT2D eigenvalue weighted by Gasteiger charge is -1.96. The van der Waals surface area contributed by atoms with Gasteiger partial charge in [0.25, 0.3) is 0 Å². The molecule has 0 atom stereocenters. The molecular formula is C14H13N3. The lowest BCUT2D eigenvalue weighted by atomic mass is 10.2. The first kappa shape index (κ1) is 10.0. The van der Waals surface area contributed by atoms with Gasteiger partial charge in [-0.05, 0) is 30.7 Å². The Kier molecular flexibility index (Phi) is 2.58. The van der Waals surface area contributed by atoms with Crippen LogP contribution in [0.5, 0.6) is 0 Å². The van der Waals surface area contributed by atoms with Gasteiger partial charge in [-0.2, -0.15) is 0 Å². The average Bonchev–Trinajstić information content (AvgIpc) is 2.80. The van der Waals surface area contributed by atoms with Crippen LogP contribution in [0, 0.1) is 0 Å². The second kappa shape index (κ2) is 4.37. The summed E-state index contributed by atoms with van der Waals surface area (Å²) in [6.45, 7) is 0. The van der Waals surface area contributed by atoms with Crippen molar-refractivity contribution in [2.24, 2.45) is 0 Å². The van der Waals surface area contributed by atoms with Crippen LogP contribution < -0.4 is 0 Å². The van der Waals surface area contributed by atoms with Crippen LogP contribution in [0.1, 0.15) is 11.5 Å². The van der Waals surface area contributed by atoms with Gasteiger partial charge >= 0.3 is 0 Å². The number of nitrogens with zero attached hydrogens (tertiary/aromatic N) is 2. The Hall–Kier alpha value is -2.16. The van der Waals surface area contributed by atoms with Crippen molar-refractivity contribution in [1.29, 1.82) is 0 Å². The van der Waals surface area contributed by atoms with E-state index in [-0.39, 0.29) is 0 Å². The molecule has 3 heteroatoms. The van der Waals surface area contributed by atoms with E-state index in [1.54, 1.807) is 0 Å². The molecule has 0 fully saturated rings. The third kappa shape index (κ3) is 2.18. The number of benzene rings is 1. The molecule has 2 aromatic heterocycles. The van der Waals surface area contributed by atoms with E-state index in [0.29, 0.717) is 0 Å². The molecule has 0 saturated carbocycles. The van der Waals surface area contributed by atoms with Gasteiger partial charge in [0.2, 0.25) is 0 Å². The molecule has 84 valence electrons. The highest BCUT2D eigenvalue weighted by molar-refractivity contribution is 5.74. The molecule has 0 unspecified atom stereocenters. The van der Waals surface area contributed by atoms with Crippen molar-refractivity contribution in [2.45, 2.75) is 12.8 Å². The summed E-state index contributed by atoms with van der Waals surface area (Å²) in [6.07, 6.45) is 3.64. The van der Waals surface area contributed by atoms with Crippen LogP contribution >= 0.6 is 0 Å². The molecule has 0 amide bonds. The van der Waals surface area contributed by atoms with Crippen LogP contribution in [-0.4, -0.2) is 15.0 Å². The molecule has 0 spiro atoms. The molecular weight excluding hydrogens is 210 g/mol. The molecule has 3 nitrogen and oxygen atoms in total. The van der Waals surface area contributed by atoms with Gasteiger partial charge in [-0.25, -0.2) is 4.98 Å². The minimum Gasteiger partial charge on any atom is -0.342 e. The molecule has 17 heavy (non-hydrogen) atoms. The number of hydrogen-bond acceptors (Lipinski definition) is 2. The lowest BCUT2D eigenvalue weighted by molar-refractivity contribution is 0.861. The second-order valence-corrected chi connectivity index (χ2v) is 4.02. The molecule has 0 bridgehead atoms. The first-order valence-electron chi connectivity index (χ1n) is 5.75. The van der Waals surface area contributed by atoms with Crippen LogP contribution in [0.15, 0.2) is 48.7 Å². The molecule has 1 N–H and O–H groups in total. The van der Waals surface area contributed by atoms with Gasteiger partial charge in [0, 0.05) is 18.3 Å². The summed E-state index contributed by atoms with van der Waals surface area (Å²) in [6, 6.07) is 14.1. The Bertz CT molecular complexity index is 580. The number of para-hydroxylation sites is 2. The van der Waals surface area contributed by atoms with E-state index in [1.165, 1.54) is 0 Å². The average molecular weight is 223 g/mol. The van der Waals surface area contributed by atoms with Gasteiger partial charge in [-0.3, -0.25) is 4.98 Å². The lowest BCUT2D eigenvalue weighted by Crippen LogP contribution is -1.95. The minimum atomic E-state index is 0.895. The summed E-state index contributed by atoms with van der Waals surface area (Å²) in [5.74, 6) is 1.02. The van der Waals surface area contributed by atoms with Gasteiger partial charge in [0.15, 0.2) is 0 Å². The predicted octanol–water partition coefficient (Wildman–Crippen LogP) is 2.74. The number of fused-ring (bicyclic) bond motifs is 1. The van der Waals surface area contributed by atoms with Crippen molar-refractivity contribution < 1.29 is 0 Å². The maximum atomic E-state index is 4.54. The zero-order valence-corrected chi connectivity index (χ0v) is 9.43. The fourth-order valence-electron chi connectivity index (χ4n) is 1.92. The summed E-state index contributed by atoms with van der Waals surface area (Å²) in [5, 5.41) is 0. The first-order chi connectivity index (χ1) is 8.42. The van der Waals surface area contributed by atoms with Crippen molar-refractivity contribution in [2.75, 3.05) is 0 Å². The van der Waals surface area contributed by atoms with Crippen LogP contribution in [0.2, 0.25) is 0 Å². The number of aromatic amines is 1. The highest BCUT2D eigenvalue weighted by Gasteiger charge is 2.02. The van der Waals surface area contributed by atoms with Crippen LogP contribution in [0.4, 0.5) is 0 Å². The highest BCUT2D eigenvalue weighted by atomic mass is 14.9. The van der Waals surface area contributed by atoms with Crippen molar-refractivity contribution in [3.8, 4) is 0 Å². The van der Waals surface area contributed by atoms with Crippen LogP contribution in [0.25, 0.3) is 11.0 Å². The molecule has 0 aliphatic heterocycles. The molecule has 0 saturated heterocycles. The molecule has 3 rings (SSSR count). The SMILES string of the molecule is c1ccc(CCc2nc3ccccc3[nH]2)nc1. The number of hydrogen-bond donors (Lipinski definition) is 1. The third-order valence-corrected chi connectivity index (χ3v) is 2.78. The van der Waals surface area contributed by atoms with Gasteiger partial charge in [0.1, 0.15) is 5.82 Å². The summed E-state index contributed by atoms with van der Waals surface area (Å²) in [7, 11) is 0. The molecule has 0 aliphatic rings. The monoisotopic (exact) mass is 223 g/mol. The highest BCUT2D eigenvalue weighted by Crippen LogP contribution is 2.11. The van der Waals surface area contributed by atoms with E-state index in [0.717, 1.165) is 35.4 Å². The standard InChI is InChI=1S/C14H13N3/c1-2-7-13-12(6-1)16-14(17-13)9-8-11-5-3-4-10-15-11/h1-7,10H,8-9H2,(H,16,17). The zero-order valence-electron chi connectivity index (χ0n) is 9.43. The molecule has 0 aliphatic carbocycles. The van der Waals surface area contributed by atoms with Gasteiger partial charge in [0.05, 0.1) is 11.0 Å². The van der Waals surface area contributed by atoms with E-state index in [4.69, 9.17) is 0 Å². The minimum absolute atomic E-state index is 0.895. The number of H-pyrrole nitrogens is 1. The molecule has 2 heterocycles. The second-order valence-electron chi connectivity index (χ2n) is 4.02. The molecule has 0 radical (unpaired) electrons. The number of rotatable bonds is 3. The normalized spacial score (nSPS) is 10.8. The summed E-state index contributed by atoms with van der Waals surface area (Å²) in [5.41, 5.74) is 3.24. The van der Waals surface area contributed by atoms with E-state index in [1.807, 2.05) is 48.7 Å². The Morgan fingerprint density at radius 3 is 2.65 bits per heavy atom. The summed E-state index contributed by atoms with van der Waals surface area (Å²) >= 11 is 0. The van der Waals surface area contributed by atoms with E-state index < -0.39 is 0 Å². The molecule has 1 aromatic carbocycles. The maximum absolute atomic E-state index is 4.54. The number of pyridine rings is 1. The Morgan fingerprint density at radius 2 is 1.82 bits per heavy atom. The van der Waals surface area contributed by atoms with Crippen LogP contribution in [0.3, 0.4) is 0 Å². The van der Waals surface area contributed by atoms with Gasteiger partial charge < -0.3 is 4.98 Å². The number of aryl methyl sites for hydroxylation is 2. The maximum Gasteiger partial charge on any atom is 0.107 e. The Balaban J connectivity index is 1.77. The van der Waals surface area contributed by atoms with Crippen molar-refractivity contribution in [3.05, 3.63) is 60.2 Å². The van der Waals surface area contributed by atoms with E-state index >= 15 is 0 Å². The van der Waals surface area contributed by atoms with Gasteiger partial charge in [-0.15, -0.1) is 0 Å². The summed E-state index contributed by atoms with van der Waals surface area (Å²) < 4.78 is 0. The third-order valence-electron chi connectivity index (χ3n) is 2.78. The smallest absolute Gasteiger partial charge is 0.107 e. The molecule has 3 aromatic rings. The van der Waals surface area contributed by atoms with Crippen molar-refractivity contribution in [3.63, 3.8) is 0 Å². The zero-order chi connectivity index (χ0) is 11.5. The first-order valence-corrected chi connectivity index (χ1v) is 5.75. The van der Waals surface area contributed by atoms with Crippen molar-refractivity contribution in [1.82, 2.24) is 15.0 Å². The Labute approximate surface area is 99.5 Å². The van der Waals surface area contributed by atoms with E-state index in [2.05, 4.69) is 15.0 Å². The Morgan fingerprint density at radius 1 is 0.941 bits per heavy atom. The number of nitrogens with one attached hydrogen (secondary N) is 1. The quantitative estimate of drug-likeness (QED) is 0.741. The summed E-state index contributed by atoms with van der Waals surface area (Å²) in [4.78, 5) is 12.2. The van der Waals surface area contributed by atoms with Gasteiger partial charge in [-0.1, -0.05) is 18.2 Å². The fourth-order valence-corrected chi connectivity index (χ4v) is 1.92. The predicted molar refractivity (Wildman–Crippen MR) is 67.7 cm³/mol. The van der Waals surface area contributed by atoms with E-state index in [9.17, 15) is 0 Å². The topological polar surface area (TPSA) is 41.6 Å². The largest absolute Gasteiger partial charge is 0.342 e. The van der Waals surface area contributed by atoms with Crippen molar-refractivity contribution >= 4 is 11.0 Å². The van der Waals surface area contributed by atoms with Crippen LogP contribution in [-0.2, 0) is 12.8 Å². The number of aromatic nitrogens is 3. The fraction of sp³-hybridized carbons (Fsp3) is 0.143.